The Balaban J connectivity index is 1.23. The molecule has 2 atom stereocenters. The van der Waals surface area contributed by atoms with Crippen molar-refractivity contribution in [1.82, 2.24) is 0 Å². The summed E-state index contributed by atoms with van der Waals surface area (Å²) in [5.74, 6) is 1.09. The van der Waals surface area contributed by atoms with Crippen LogP contribution in [-0.4, -0.2) is 37.0 Å². The van der Waals surface area contributed by atoms with Gasteiger partial charge in [-0.3, -0.25) is 0 Å². The highest BCUT2D eigenvalue weighted by molar-refractivity contribution is 5.87. The molecule has 0 radical (unpaired) electrons. The van der Waals surface area contributed by atoms with Crippen LogP contribution in [0.2, 0.25) is 0 Å². The van der Waals surface area contributed by atoms with E-state index < -0.39 is 0 Å². The van der Waals surface area contributed by atoms with Crippen molar-refractivity contribution >= 4 is 5.97 Å². The Bertz CT molecular complexity index is 621. The Kier molecular flexibility index (Phi) is 6.65. The van der Waals surface area contributed by atoms with E-state index in [4.69, 9.17) is 14.2 Å². The summed E-state index contributed by atoms with van der Waals surface area (Å²) in [5, 5.41) is 0. The lowest BCUT2D eigenvalue weighted by Gasteiger charge is -2.60. The molecule has 1 heterocycles. The minimum absolute atomic E-state index is 0.0520. The fourth-order valence-electron chi connectivity index (χ4n) is 7.09. The summed E-state index contributed by atoms with van der Waals surface area (Å²) < 4.78 is 18.2. The first-order chi connectivity index (χ1) is 14.4. The third kappa shape index (κ3) is 4.80. The quantitative estimate of drug-likeness (QED) is 0.222. The van der Waals surface area contributed by atoms with Gasteiger partial charge in [-0.2, -0.15) is 0 Å². The van der Waals surface area contributed by atoms with Crippen molar-refractivity contribution in [3.63, 3.8) is 0 Å². The summed E-state index contributed by atoms with van der Waals surface area (Å²) in [5.41, 5.74) is 0.643. The second kappa shape index (κ2) is 8.94. The SMILES string of the molecule is C=C(C)C(=O)OC12CC3CC(CC(OCCCCCC4(CCCC)COC4)(C3)C1)C2. The smallest absolute Gasteiger partial charge is 0.333 e. The molecular formula is C26H42O4. The molecule has 4 aliphatic carbocycles. The molecule has 5 aliphatic rings. The highest BCUT2D eigenvalue weighted by Crippen LogP contribution is 2.60. The zero-order valence-electron chi connectivity index (χ0n) is 19.3. The zero-order chi connectivity index (χ0) is 21.2. The van der Waals surface area contributed by atoms with Gasteiger partial charge in [0.1, 0.15) is 5.60 Å². The monoisotopic (exact) mass is 418 g/mol. The highest BCUT2D eigenvalue weighted by Gasteiger charge is 2.60. The van der Waals surface area contributed by atoms with Crippen LogP contribution in [0.25, 0.3) is 0 Å². The second-order valence-electron chi connectivity index (χ2n) is 11.3. The summed E-state index contributed by atoms with van der Waals surface area (Å²) in [4.78, 5) is 12.3. The van der Waals surface area contributed by atoms with Gasteiger partial charge in [0.15, 0.2) is 0 Å². The van der Waals surface area contributed by atoms with E-state index in [1.54, 1.807) is 6.92 Å². The first kappa shape index (κ1) is 22.3. The topological polar surface area (TPSA) is 44.8 Å². The van der Waals surface area contributed by atoms with Gasteiger partial charge in [-0.05, 0) is 70.1 Å². The molecule has 170 valence electrons. The van der Waals surface area contributed by atoms with E-state index in [1.807, 2.05) is 0 Å². The maximum absolute atomic E-state index is 12.3. The van der Waals surface area contributed by atoms with Gasteiger partial charge >= 0.3 is 5.97 Å². The van der Waals surface area contributed by atoms with Crippen molar-refractivity contribution in [3.05, 3.63) is 12.2 Å². The van der Waals surface area contributed by atoms with Gasteiger partial charge in [-0.25, -0.2) is 4.79 Å². The lowest BCUT2D eigenvalue weighted by Crippen LogP contribution is -2.61. The molecule has 1 saturated heterocycles. The van der Waals surface area contributed by atoms with Crippen LogP contribution in [0.3, 0.4) is 0 Å². The second-order valence-corrected chi connectivity index (χ2v) is 11.3. The van der Waals surface area contributed by atoms with E-state index >= 15 is 0 Å². The van der Waals surface area contributed by atoms with Gasteiger partial charge in [-0.1, -0.05) is 39.2 Å². The molecule has 1 aliphatic heterocycles. The molecule has 2 unspecified atom stereocenters. The van der Waals surface area contributed by atoms with Crippen molar-refractivity contribution in [2.45, 2.75) is 109 Å². The Morgan fingerprint density at radius 2 is 1.67 bits per heavy atom. The summed E-state index contributed by atoms with van der Waals surface area (Å²) >= 11 is 0. The molecule has 5 fully saturated rings. The van der Waals surface area contributed by atoms with Gasteiger partial charge in [-0.15, -0.1) is 0 Å². The van der Waals surface area contributed by atoms with Crippen LogP contribution in [0, 0.1) is 17.3 Å². The van der Waals surface area contributed by atoms with E-state index in [-0.39, 0.29) is 17.2 Å². The summed E-state index contributed by atoms with van der Waals surface area (Å²) in [7, 11) is 0. The van der Waals surface area contributed by atoms with Crippen LogP contribution < -0.4 is 0 Å². The predicted molar refractivity (Wildman–Crippen MR) is 118 cm³/mol. The number of esters is 1. The van der Waals surface area contributed by atoms with Crippen LogP contribution in [-0.2, 0) is 19.0 Å². The fraction of sp³-hybridized carbons (Fsp3) is 0.885. The number of rotatable bonds is 12. The zero-order valence-corrected chi connectivity index (χ0v) is 19.3. The molecule has 4 nitrogen and oxygen atoms in total. The largest absolute Gasteiger partial charge is 0.456 e. The van der Waals surface area contributed by atoms with Crippen molar-refractivity contribution in [2.24, 2.45) is 17.3 Å². The van der Waals surface area contributed by atoms with Gasteiger partial charge < -0.3 is 14.2 Å². The molecule has 0 aromatic carbocycles. The van der Waals surface area contributed by atoms with E-state index in [0.29, 0.717) is 22.8 Å². The normalized spacial score (nSPS) is 35.8. The number of unbranched alkanes of at least 4 members (excludes halogenated alkanes) is 3. The predicted octanol–water partition coefficient (Wildman–Crippen LogP) is 5.98. The number of ether oxygens (including phenoxy) is 3. The van der Waals surface area contributed by atoms with Crippen LogP contribution in [0.4, 0.5) is 0 Å². The first-order valence-corrected chi connectivity index (χ1v) is 12.5. The maximum atomic E-state index is 12.3. The third-order valence-corrected chi connectivity index (χ3v) is 8.25. The molecule has 4 heteroatoms. The van der Waals surface area contributed by atoms with E-state index in [0.717, 1.165) is 58.3 Å². The average Bonchev–Trinajstić information content (AvgIpc) is 2.64. The Morgan fingerprint density at radius 3 is 2.27 bits per heavy atom. The lowest BCUT2D eigenvalue weighted by atomic mass is 9.52. The number of carbonyl (C=O) groups is 1. The molecule has 0 N–H and O–H groups in total. The van der Waals surface area contributed by atoms with Gasteiger partial charge in [0, 0.05) is 24.0 Å². The van der Waals surface area contributed by atoms with E-state index in [1.165, 1.54) is 44.9 Å². The van der Waals surface area contributed by atoms with Gasteiger partial charge in [0.05, 0.1) is 18.8 Å². The number of carbonyl (C=O) groups excluding carboxylic acids is 1. The molecule has 4 bridgehead atoms. The van der Waals surface area contributed by atoms with Crippen LogP contribution in [0.5, 0.6) is 0 Å². The molecular weight excluding hydrogens is 376 g/mol. The van der Waals surface area contributed by atoms with E-state index in [9.17, 15) is 4.79 Å². The summed E-state index contributed by atoms with van der Waals surface area (Å²) in [6, 6.07) is 0. The molecule has 4 saturated carbocycles. The van der Waals surface area contributed by atoms with Crippen molar-refractivity contribution in [3.8, 4) is 0 Å². The van der Waals surface area contributed by atoms with Crippen LogP contribution >= 0.6 is 0 Å². The van der Waals surface area contributed by atoms with Crippen molar-refractivity contribution < 1.29 is 19.0 Å². The lowest BCUT2D eigenvalue weighted by molar-refractivity contribution is -0.232. The fourth-order valence-corrected chi connectivity index (χ4v) is 7.09. The standard InChI is InChI=1S/C26H42O4/c1-4-5-9-24(18-28-19-24)10-7-6-8-11-29-25-13-21-12-22(14-25)16-26(15-21,17-25)30-23(27)20(2)3/h21-22H,2,4-19H2,1,3H3. The molecule has 0 aromatic rings. The van der Waals surface area contributed by atoms with Gasteiger partial charge in [0.25, 0.3) is 0 Å². The molecule has 0 aromatic heterocycles. The third-order valence-electron chi connectivity index (χ3n) is 8.25. The minimum Gasteiger partial charge on any atom is -0.456 e. The Morgan fingerprint density at radius 1 is 1.00 bits per heavy atom. The average molecular weight is 419 g/mol. The highest BCUT2D eigenvalue weighted by atomic mass is 16.6. The molecule has 5 rings (SSSR count). The number of hydrogen-bond donors (Lipinski definition) is 0. The van der Waals surface area contributed by atoms with Crippen molar-refractivity contribution in [2.75, 3.05) is 19.8 Å². The Hall–Kier alpha value is -0.870. The minimum atomic E-state index is -0.296. The Labute approximate surface area is 183 Å². The van der Waals surface area contributed by atoms with Crippen LogP contribution in [0.1, 0.15) is 97.3 Å². The van der Waals surface area contributed by atoms with E-state index in [2.05, 4.69) is 13.5 Å². The molecule has 30 heavy (non-hydrogen) atoms. The molecule has 0 spiro atoms. The molecule has 0 amide bonds. The number of hydrogen-bond acceptors (Lipinski definition) is 4. The maximum Gasteiger partial charge on any atom is 0.333 e. The van der Waals surface area contributed by atoms with Crippen molar-refractivity contribution in [1.29, 1.82) is 0 Å². The summed E-state index contributed by atoms with van der Waals surface area (Å²) in [6.45, 7) is 10.6. The first-order valence-electron chi connectivity index (χ1n) is 12.5. The van der Waals surface area contributed by atoms with Crippen LogP contribution in [0.15, 0.2) is 12.2 Å². The van der Waals surface area contributed by atoms with Gasteiger partial charge in [0.2, 0.25) is 0 Å². The summed E-state index contributed by atoms with van der Waals surface area (Å²) in [6.07, 6.45) is 15.5.